The largest absolute Gasteiger partial charge is 0.385 e. The number of nitrogens with two attached hydrogens (primary N) is 1. The van der Waals surface area contributed by atoms with Crippen molar-refractivity contribution in [3.63, 3.8) is 0 Å². The fourth-order valence-corrected chi connectivity index (χ4v) is 0.735. The summed E-state index contributed by atoms with van der Waals surface area (Å²) >= 11 is 0. The molecule has 68 valence electrons. The van der Waals surface area contributed by atoms with E-state index in [2.05, 4.69) is 5.43 Å². The predicted octanol–water partition coefficient (Wildman–Crippen LogP) is -0.109. The van der Waals surface area contributed by atoms with E-state index < -0.39 is 0 Å². The van der Waals surface area contributed by atoms with Gasteiger partial charge in [0.1, 0.15) is 0 Å². The van der Waals surface area contributed by atoms with E-state index in [1.54, 1.807) is 7.11 Å². The number of rotatable bonds is 7. The van der Waals surface area contributed by atoms with Crippen LogP contribution in [0.3, 0.4) is 0 Å². The zero-order valence-electron chi connectivity index (χ0n) is 7.30. The van der Waals surface area contributed by atoms with Crippen molar-refractivity contribution in [1.29, 1.82) is 0 Å². The average Bonchev–Trinajstić information content (AvgIpc) is 2.05. The Morgan fingerprint density at radius 2 is 2.27 bits per heavy atom. The number of hydrogen-bond acceptors (Lipinski definition) is 4. The van der Waals surface area contributed by atoms with Crippen molar-refractivity contribution in [2.75, 3.05) is 26.9 Å². The molecular formula is C7H18N2O2. The molecule has 0 amide bonds. The van der Waals surface area contributed by atoms with Gasteiger partial charge in [-0.3, -0.25) is 11.3 Å². The van der Waals surface area contributed by atoms with E-state index in [1.165, 1.54) is 0 Å². The van der Waals surface area contributed by atoms with Crippen LogP contribution < -0.4 is 11.3 Å². The monoisotopic (exact) mass is 162 g/mol. The lowest BCUT2D eigenvalue weighted by molar-refractivity contribution is 0.104. The quantitative estimate of drug-likeness (QED) is 0.405. The summed E-state index contributed by atoms with van der Waals surface area (Å²) in [5, 5.41) is 0. The van der Waals surface area contributed by atoms with Gasteiger partial charge in [-0.2, -0.15) is 0 Å². The van der Waals surface area contributed by atoms with Gasteiger partial charge in [0, 0.05) is 26.4 Å². The minimum absolute atomic E-state index is 0.204. The highest BCUT2D eigenvalue weighted by atomic mass is 16.5. The molecule has 0 bridgehead atoms. The second-order valence-electron chi connectivity index (χ2n) is 2.30. The highest BCUT2D eigenvalue weighted by Gasteiger charge is 2.04. The van der Waals surface area contributed by atoms with Crippen LogP contribution in [0, 0.1) is 0 Å². The number of methoxy groups -OCH3 is 1. The molecule has 0 fully saturated rings. The molecule has 11 heavy (non-hydrogen) atoms. The molecule has 3 N–H and O–H groups in total. The van der Waals surface area contributed by atoms with E-state index in [9.17, 15) is 0 Å². The van der Waals surface area contributed by atoms with Crippen LogP contribution in [0.2, 0.25) is 0 Å². The van der Waals surface area contributed by atoms with Crippen molar-refractivity contribution >= 4 is 0 Å². The summed E-state index contributed by atoms with van der Waals surface area (Å²) in [7, 11) is 1.67. The SMILES string of the molecule is CCOCC(CCOC)NN. The Labute approximate surface area is 68.0 Å². The maximum atomic E-state index is 5.27. The van der Waals surface area contributed by atoms with Crippen LogP contribution in [0.4, 0.5) is 0 Å². The molecular weight excluding hydrogens is 144 g/mol. The lowest BCUT2D eigenvalue weighted by Crippen LogP contribution is -2.39. The number of hydrazine groups is 1. The first-order chi connectivity index (χ1) is 5.35. The molecule has 0 saturated carbocycles. The van der Waals surface area contributed by atoms with Crippen LogP contribution in [0.15, 0.2) is 0 Å². The van der Waals surface area contributed by atoms with Gasteiger partial charge in [-0.05, 0) is 13.3 Å². The van der Waals surface area contributed by atoms with Crippen LogP contribution in [0.1, 0.15) is 13.3 Å². The summed E-state index contributed by atoms with van der Waals surface area (Å²) in [6.07, 6.45) is 0.882. The molecule has 1 unspecified atom stereocenters. The molecule has 4 nitrogen and oxygen atoms in total. The van der Waals surface area contributed by atoms with E-state index in [-0.39, 0.29) is 6.04 Å². The lowest BCUT2D eigenvalue weighted by atomic mass is 10.2. The number of ether oxygens (including phenoxy) is 2. The Balaban J connectivity index is 3.25. The summed E-state index contributed by atoms with van der Waals surface area (Å²) in [5.41, 5.74) is 2.67. The van der Waals surface area contributed by atoms with Crippen molar-refractivity contribution in [2.45, 2.75) is 19.4 Å². The molecule has 0 aromatic carbocycles. The average molecular weight is 162 g/mol. The smallest absolute Gasteiger partial charge is 0.0633 e. The van der Waals surface area contributed by atoms with Crippen molar-refractivity contribution in [3.05, 3.63) is 0 Å². The van der Waals surface area contributed by atoms with E-state index in [4.69, 9.17) is 15.3 Å². The van der Waals surface area contributed by atoms with Crippen LogP contribution in [0.5, 0.6) is 0 Å². The third-order valence-corrected chi connectivity index (χ3v) is 1.43. The van der Waals surface area contributed by atoms with Crippen molar-refractivity contribution in [2.24, 2.45) is 5.84 Å². The van der Waals surface area contributed by atoms with Gasteiger partial charge < -0.3 is 9.47 Å². The normalized spacial score (nSPS) is 13.4. The first-order valence-electron chi connectivity index (χ1n) is 3.88. The number of hydrogen-bond donors (Lipinski definition) is 2. The van der Waals surface area contributed by atoms with E-state index >= 15 is 0 Å². The maximum Gasteiger partial charge on any atom is 0.0633 e. The van der Waals surface area contributed by atoms with Gasteiger partial charge in [0.25, 0.3) is 0 Å². The fraction of sp³-hybridized carbons (Fsp3) is 1.00. The van der Waals surface area contributed by atoms with E-state index in [0.29, 0.717) is 13.2 Å². The molecule has 4 heteroatoms. The second-order valence-corrected chi connectivity index (χ2v) is 2.30. The molecule has 0 saturated heterocycles. The highest BCUT2D eigenvalue weighted by molar-refractivity contribution is 4.60. The molecule has 0 aromatic rings. The summed E-state index contributed by atoms with van der Waals surface area (Å²) in [4.78, 5) is 0. The first kappa shape index (κ1) is 10.8. The van der Waals surface area contributed by atoms with Crippen LogP contribution in [-0.2, 0) is 9.47 Å². The van der Waals surface area contributed by atoms with Gasteiger partial charge in [0.05, 0.1) is 6.61 Å². The summed E-state index contributed by atoms with van der Waals surface area (Å²) in [5.74, 6) is 5.27. The summed E-state index contributed by atoms with van der Waals surface area (Å²) < 4.78 is 10.1. The minimum atomic E-state index is 0.204. The Kier molecular flexibility index (Phi) is 7.83. The molecule has 0 aliphatic heterocycles. The van der Waals surface area contributed by atoms with Gasteiger partial charge in [0.15, 0.2) is 0 Å². The Bertz CT molecular complexity index is 72.8. The van der Waals surface area contributed by atoms with Gasteiger partial charge in [-0.1, -0.05) is 0 Å². The minimum Gasteiger partial charge on any atom is -0.385 e. The maximum absolute atomic E-state index is 5.27. The lowest BCUT2D eigenvalue weighted by Gasteiger charge is -2.14. The van der Waals surface area contributed by atoms with Crippen LogP contribution in [-0.4, -0.2) is 33.0 Å². The van der Waals surface area contributed by atoms with E-state index in [1.807, 2.05) is 6.92 Å². The van der Waals surface area contributed by atoms with E-state index in [0.717, 1.165) is 13.0 Å². The highest BCUT2D eigenvalue weighted by Crippen LogP contribution is 1.91. The molecule has 0 radical (unpaired) electrons. The molecule has 0 aliphatic rings. The summed E-state index contributed by atoms with van der Waals surface area (Å²) in [6.45, 7) is 4.05. The van der Waals surface area contributed by atoms with Crippen LogP contribution >= 0.6 is 0 Å². The molecule has 0 heterocycles. The van der Waals surface area contributed by atoms with Crippen molar-refractivity contribution < 1.29 is 9.47 Å². The van der Waals surface area contributed by atoms with Crippen LogP contribution in [0.25, 0.3) is 0 Å². The fourth-order valence-electron chi connectivity index (χ4n) is 0.735. The van der Waals surface area contributed by atoms with Gasteiger partial charge in [0.2, 0.25) is 0 Å². The first-order valence-corrected chi connectivity index (χ1v) is 3.88. The Morgan fingerprint density at radius 3 is 2.73 bits per heavy atom. The second kappa shape index (κ2) is 7.94. The zero-order chi connectivity index (χ0) is 8.53. The standard InChI is InChI=1S/C7H18N2O2/c1-3-11-6-7(9-8)4-5-10-2/h7,9H,3-6,8H2,1-2H3. The van der Waals surface area contributed by atoms with Gasteiger partial charge >= 0.3 is 0 Å². The topological polar surface area (TPSA) is 56.5 Å². The molecule has 0 spiro atoms. The summed E-state index contributed by atoms with van der Waals surface area (Å²) in [6, 6.07) is 0.204. The van der Waals surface area contributed by atoms with Crippen molar-refractivity contribution in [3.8, 4) is 0 Å². The predicted molar refractivity (Wildman–Crippen MR) is 44.1 cm³/mol. The number of nitrogens with one attached hydrogen (secondary N) is 1. The van der Waals surface area contributed by atoms with Gasteiger partial charge in [-0.15, -0.1) is 0 Å². The van der Waals surface area contributed by atoms with Gasteiger partial charge in [-0.25, -0.2) is 0 Å². The third-order valence-electron chi connectivity index (χ3n) is 1.43. The Morgan fingerprint density at radius 1 is 1.55 bits per heavy atom. The molecule has 1 atom stereocenters. The third kappa shape index (κ3) is 6.25. The molecule has 0 aromatic heterocycles. The Hall–Kier alpha value is -0.160. The molecule has 0 aliphatic carbocycles. The molecule has 0 rings (SSSR count). The zero-order valence-corrected chi connectivity index (χ0v) is 7.30. The van der Waals surface area contributed by atoms with Crippen molar-refractivity contribution in [1.82, 2.24) is 5.43 Å².